The Bertz CT molecular complexity index is 788. The lowest BCUT2D eigenvalue weighted by atomic mass is 10.1. The average molecular weight is 327 g/mol. The van der Waals surface area contributed by atoms with Crippen molar-refractivity contribution in [3.8, 4) is 0 Å². The second kappa shape index (κ2) is 6.01. The summed E-state index contributed by atoms with van der Waals surface area (Å²) in [6, 6.07) is 10.1. The van der Waals surface area contributed by atoms with E-state index in [0.717, 1.165) is 4.31 Å². The van der Waals surface area contributed by atoms with Crippen LogP contribution in [0.5, 0.6) is 0 Å². The topological polar surface area (TPSA) is 66.5 Å². The van der Waals surface area contributed by atoms with Crippen molar-refractivity contribution in [2.45, 2.75) is 4.90 Å². The number of nitrogens with one attached hydrogen (secondary N) is 1. The summed E-state index contributed by atoms with van der Waals surface area (Å²) in [6.07, 6.45) is 0. The van der Waals surface area contributed by atoms with Gasteiger partial charge in [-0.1, -0.05) is 24.3 Å². The molecule has 0 fully saturated rings. The molecule has 1 N–H and O–H groups in total. The first-order chi connectivity index (χ1) is 9.87. The smallest absolute Gasteiger partial charge is 0.243 e. The monoisotopic (exact) mass is 326 g/mol. The van der Waals surface area contributed by atoms with Crippen molar-refractivity contribution in [3.63, 3.8) is 0 Å². The van der Waals surface area contributed by atoms with Gasteiger partial charge in [-0.3, -0.25) is 4.79 Å². The van der Waals surface area contributed by atoms with E-state index < -0.39 is 10.0 Å². The van der Waals surface area contributed by atoms with Crippen LogP contribution in [0.4, 0.5) is 5.69 Å². The van der Waals surface area contributed by atoms with Crippen LogP contribution in [0.3, 0.4) is 0 Å². The van der Waals surface area contributed by atoms with Crippen molar-refractivity contribution in [2.75, 3.05) is 25.3 Å². The number of amides is 1. The number of anilines is 1. The van der Waals surface area contributed by atoms with Crippen molar-refractivity contribution < 1.29 is 13.2 Å². The predicted octanol–water partition coefficient (Wildman–Crippen LogP) is 2.27. The molecule has 1 amide bonds. The number of carbonyl (C=O) groups is 1. The number of sulfonamides is 1. The molecule has 2 aromatic carbocycles. The van der Waals surface area contributed by atoms with E-state index in [1.165, 1.54) is 20.2 Å². The Morgan fingerprint density at radius 1 is 1.14 bits per heavy atom. The third-order valence-electron chi connectivity index (χ3n) is 3.04. The minimum Gasteiger partial charge on any atom is -0.324 e. The van der Waals surface area contributed by atoms with Crippen LogP contribution >= 0.6 is 11.6 Å². The summed E-state index contributed by atoms with van der Waals surface area (Å²) in [4.78, 5) is 11.6. The predicted molar refractivity (Wildman–Crippen MR) is 84.2 cm³/mol. The van der Waals surface area contributed by atoms with Crippen LogP contribution in [0.25, 0.3) is 10.8 Å². The van der Waals surface area contributed by atoms with E-state index in [2.05, 4.69) is 5.32 Å². The number of alkyl halides is 1. The van der Waals surface area contributed by atoms with Gasteiger partial charge in [0, 0.05) is 30.6 Å². The summed E-state index contributed by atoms with van der Waals surface area (Å²) in [7, 11) is -0.601. The second-order valence-corrected chi connectivity index (χ2v) is 7.01. The minimum atomic E-state index is -3.56. The molecule has 0 aliphatic rings. The molecular weight excluding hydrogens is 312 g/mol. The van der Waals surface area contributed by atoms with E-state index >= 15 is 0 Å². The van der Waals surface area contributed by atoms with E-state index in [9.17, 15) is 13.2 Å². The summed E-state index contributed by atoms with van der Waals surface area (Å²) >= 11 is 5.48. The molecule has 5 nitrogen and oxygen atoms in total. The van der Waals surface area contributed by atoms with E-state index in [0.29, 0.717) is 16.5 Å². The summed E-state index contributed by atoms with van der Waals surface area (Å²) in [6.45, 7) is 0. The molecule has 0 saturated carbocycles. The van der Waals surface area contributed by atoms with Crippen molar-refractivity contribution >= 4 is 44.0 Å². The molecule has 21 heavy (non-hydrogen) atoms. The highest BCUT2D eigenvalue weighted by atomic mass is 35.5. The van der Waals surface area contributed by atoms with Crippen LogP contribution in [-0.4, -0.2) is 38.6 Å². The van der Waals surface area contributed by atoms with Crippen LogP contribution in [0.2, 0.25) is 0 Å². The van der Waals surface area contributed by atoms with Crippen LogP contribution < -0.4 is 5.32 Å². The van der Waals surface area contributed by atoms with Gasteiger partial charge in [0.15, 0.2) is 0 Å². The standard InChI is InChI=1S/C14H15ClN2O3S/c1-17(2)21(19,20)13-8-7-12(16-14(18)9-15)10-5-3-4-6-11(10)13/h3-8H,9H2,1-2H3,(H,16,18). The van der Waals surface area contributed by atoms with Gasteiger partial charge in [-0.05, 0) is 12.1 Å². The summed E-state index contributed by atoms with van der Waals surface area (Å²) in [5.41, 5.74) is 0.536. The van der Waals surface area contributed by atoms with E-state index in [-0.39, 0.29) is 16.7 Å². The maximum atomic E-state index is 12.4. The number of halogens is 1. The Kier molecular flexibility index (Phi) is 4.51. The average Bonchev–Trinajstić information content (AvgIpc) is 2.47. The maximum Gasteiger partial charge on any atom is 0.243 e. The highest BCUT2D eigenvalue weighted by Gasteiger charge is 2.21. The summed E-state index contributed by atoms with van der Waals surface area (Å²) in [5, 5.41) is 3.87. The molecule has 2 rings (SSSR count). The number of fused-ring (bicyclic) bond motifs is 1. The molecule has 0 unspecified atom stereocenters. The van der Waals surface area contributed by atoms with Crippen LogP contribution in [0.1, 0.15) is 0 Å². The molecule has 2 aromatic rings. The number of carbonyl (C=O) groups excluding carboxylic acids is 1. The summed E-state index contributed by atoms with van der Waals surface area (Å²) in [5.74, 6) is -0.503. The molecule has 0 aliphatic carbocycles. The number of nitrogens with zero attached hydrogens (tertiary/aromatic N) is 1. The summed E-state index contributed by atoms with van der Waals surface area (Å²) < 4.78 is 25.9. The van der Waals surface area contributed by atoms with Gasteiger partial charge < -0.3 is 5.32 Å². The SMILES string of the molecule is CN(C)S(=O)(=O)c1ccc(NC(=O)CCl)c2ccccc12. The lowest BCUT2D eigenvalue weighted by Gasteiger charge is -2.15. The normalized spacial score (nSPS) is 11.8. The zero-order chi connectivity index (χ0) is 15.6. The van der Waals surface area contributed by atoms with Gasteiger partial charge in [0.2, 0.25) is 15.9 Å². The largest absolute Gasteiger partial charge is 0.324 e. The second-order valence-electron chi connectivity index (χ2n) is 4.63. The van der Waals surface area contributed by atoms with Gasteiger partial charge >= 0.3 is 0 Å². The number of benzene rings is 2. The number of hydrogen-bond acceptors (Lipinski definition) is 3. The first-order valence-electron chi connectivity index (χ1n) is 6.18. The molecule has 0 spiro atoms. The van der Waals surface area contributed by atoms with Gasteiger partial charge in [0.25, 0.3) is 0 Å². The Labute approximate surface area is 128 Å². The minimum absolute atomic E-state index is 0.161. The molecule has 7 heteroatoms. The van der Waals surface area contributed by atoms with Gasteiger partial charge in [-0.2, -0.15) is 0 Å². The quantitative estimate of drug-likeness (QED) is 0.876. The Morgan fingerprint density at radius 2 is 1.76 bits per heavy atom. The third-order valence-corrected chi connectivity index (χ3v) is 5.15. The number of hydrogen-bond donors (Lipinski definition) is 1. The zero-order valence-electron chi connectivity index (χ0n) is 11.6. The number of rotatable bonds is 4. The lowest BCUT2D eigenvalue weighted by molar-refractivity contribution is -0.113. The molecule has 0 radical (unpaired) electrons. The van der Waals surface area contributed by atoms with Gasteiger partial charge in [-0.15, -0.1) is 11.6 Å². The molecule has 0 aliphatic heterocycles. The third kappa shape index (κ3) is 3.02. The van der Waals surface area contributed by atoms with Gasteiger partial charge in [0.1, 0.15) is 5.88 Å². The van der Waals surface area contributed by atoms with Gasteiger partial charge in [0.05, 0.1) is 4.90 Å². The first kappa shape index (κ1) is 15.8. The Hall–Kier alpha value is -1.63. The lowest BCUT2D eigenvalue weighted by Crippen LogP contribution is -2.22. The maximum absolute atomic E-state index is 12.4. The molecule has 0 bridgehead atoms. The fourth-order valence-electron chi connectivity index (χ4n) is 1.99. The fourth-order valence-corrected chi connectivity index (χ4v) is 3.14. The molecule has 0 aromatic heterocycles. The van der Waals surface area contributed by atoms with Crippen LogP contribution in [0, 0.1) is 0 Å². The highest BCUT2D eigenvalue weighted by molar-refractivity contribution is 7.89. The van der Waals surface area contributed by atoms with Crippen LogP contribution in [0.15, 0.2) is 41.3 Å². The highest BCUT2D eigenvalue weighted by Crippen LogP contribution is 2.30. The van der Waals surface area contributed by atoms with Crippen molar-refractivity contribution in [1.29, 1.82) is 0 Å². The van der Waals surface area contributed by atoms with Crippen molar-refractivity contribution in [1.82, 2.24) is 4.31 Å². The Morgan fingerprint density at radius 3 is 2.33 bits per heavy atom. The molecule has 112 valence electrons. The zero-order valence-corrected chi connectivity index (χ0v) is 13.2. The molecule has 0 atom stereocenters. The van der Waals surface area contributed by atoms with E-state index in [4.69, 9.17) is 11.6 Å². The fraction of sp³-hybridized carbons (Fsp3) is 0.214. The Balaban J connectivity index is 2.69. The molecular formula is C14H15ClN2O3S. The van der Waals surface area contributed by atoms with Crippen molar-refractivity contribution in [2.24, 2.45) is 0 Å². The van der Waals surface area contributed by atoms with Crippen LogP contribution in [-0.2, 0) is 14.8 Å². The van der Waals surface area contributed by atoms with Gasteiger partial charge in [-0.25, -0.2) is 12.7 Å². The molecule has 0 heterocycles. The van der Waals surface area contributed by atoms with E-state index in [1.807, 2.05) is 0 Å². The van der Waals surface area contributed by atoms with E-state index in [1.54, 1.807) is 30.3 Å². The molecule has 0 saturated heterocycles. The van der Waals surface area contributed by atoms with Crippen molar-refractivity contribution in [3.05, 3.63) is 36.4 Å². The first-order valence-corrected chi connectivity index (χ1v) is 8.15.